The zero-order valence-corrected chi connectivity index (χ0v) is 10.7. The van der Waals surface area contributed by atoms with E-state index in [-0.39, 0.29) is 0 Å². The Labute approximate surface area is 98.3 Å². The molecule has 2 aromatic rings. The third-order valence-electron chi connectivity index (χ3n) is 3.45. The summed E-state index contributed by atoms with van der Waals surface area (Å²) in [6.45, 7) is 4.43. The van der Waals surface area contributed by atoms with E-state index in [1.54, 1.807) is 0 Å². The number of H-pyrrole nitrogens is 1. The Hall–Kier alpha value is -0.850. The van der Waals surface area contributed by atoms with Gasteiger partial charge in [0.25, 0.3) is 0 Å². The van der Waals surface area contributed by atoms with Crippen molar-refractivity contribution < 1.29 is 0 Å². The van der Waals surface area contributed by atoms with Gasteiger partial charge in [-0.05, 0) is 31.0 Å². The summed E-state index contributed by atoms with van der Waals surface area (Å²) >= 11 is 0. The number of nitrogens with one attached hydrogen (secondary N) is 1. The molecule has 2 nitrogen and oxygen atoms in total. The van der Waals surface area contributed by atoms with E-state index in [1.165, 1.54) is 27.7 Å². The molecular formula is C13H17N2P. The highest BCUT2D eigenvalue weighted by atomic mass is 31.0. The molecule has 16 heavy (non-hydrogen) atoms. The first kappa shape index (κ1) is 10.3. The van der Waals surface area contributed by atoms with Gasteiger partial charge in [-0.25, -0.2) is 0 Å². The van der Waals surface area contributed by atoms with Gasteiger partial charge in [0, 0.05) is 36.1 Å². The highest BCUT2D eigenvalue weighted by Gasteiger charge is 2.16. The van der Waals surface area contributed by atoms with Gasteiger partial charge in [-0.3, -0.25) is 4.67 Å². The molecule has 0 radical (unpaired) electrons. The molecule has 3 rings (SSSR count). The minimum absolute atomic E-state index is 1.13. The van der Waals surface area contributed by atoms with Crippen molar-refractivity contribution in [1.29, 1.82) is 0 Å². The van der Waals surface area contributed by atoms with Gasteiger partial charge in [0.1, 0.15) is 0 Å². The first-order valence-corrected chi connectivity index (χ1v) is 6.35. The zero-order chi connectivity index (χ0) is 11.1. The molecule has 0 fully saturated rings. The first-order chi connectivity index (χ1) is 7.74. The molecular weight excluding hydrogens is 215 g/mol. The lowest BCUT2D eigenvalue weighted by atomic mass is 10.1. The average Bonchev–Trinajstić information content (AvgIpc) is 2.50. The monoisotopic (exact) mass is 232 g/mol. The fourth-order valence-electron chi connectivity index (χ4n) is 2.54. The van der Waals surface area contributed by atoms with E-state index in [9.17, 15) is 0 Å². The minimum Gasteiger partial charge on any atom is -0.358 e. The van der Waals surface area contributed by atoms with Crippen LogP contribution in [0.2, 0.25) is 0 Å². The molecule has 0 aliphatic carbocycles. The highest BCUT2D eigenvalue weighted by molar-refractivity contribution is 7.13. The summed E-state index contributed by atoms with van der Waals surface area (Å²) in [6.07, 6.45) is 2.29. The van der Waals surface area contributed by atoms with Crippen LogP contribution in [0.4, 0.5) is 0 Å². The number of aromatic amines is 1. The molecule has 0 bridgehead atoms. The fourth-order valence-corrected chi connectivity index (χ4v) is 2.80. The minimum atomic E-state index is 1.13. The number of aryl methyl sites for hydroxylation is 1. The number of aromatic nitrogens is 1. The first-order valence-electron chi connectivity index (χ1n) is 5.84. The fraction of sp³-hybridized carbons (Fsp3) is 0.385. The molecule has 1 aliphatic heterocycles. The summed E-state index contributed by atoms with van der Waals surface area (Å²) in [5.74, 6) is 0. The van der Waals surface area contributed by atoms with Crippen molar-refractivity contribution in [2.24, 2.45) is 0 Å². The molecule has 0 saturated heterocycles. The average molecular weight is 232 g/mol. The number of nitrogens with zero attached hydrogens (tertiary/aromatic N) is 1. The van der Waals surface area contributed by atoms with Gasteiger partial charge >= 0.3 is 0 Å². The highest BCUT2D eigenvalue weighted by Crippen LogP contribution is 2.27. The van der Waals surface area contributed by atoms with Crippen LogP contribution in [0.15, 0.2) is 18.2 Å². The Kier molecular flexibility index (Phi) is 2.49. The van der Waals surface area contributed by atoms with Gasteiger partial charge in [-0.15, -0.1) is 0 Å². The smallest absolute Gasteiger partial charge is 0.0459 e. The second-order valence-corrected chi connectivity index (χ2v) is 5.40. The van der Waals surface area contributed by atoms with E-state index in [2.05, 4.69) is 44.2 Å². The summed E-state index contributed by atoms with van der Waals surface area (Å²) in [5, 5.41) is 1.43. The van der Waals surface area contributed by atoms with E-state index >= 15 is 0 Å². The number of hydrogen-bond donors (Lipinski definition) is 1. The Morgan fingerprint density at radius 2 is 2.06 bits per heavy atom. The van der Waals surface area contributed by atoms with E-state index in [1.807, 2.05) is 0 Å². The van der Waals surface area contributed by atoms with E-state index < -0.39 is 0 Å². The quantitative estimate of drug-likeness (QED) is 0.692. The second-order valence-electron chi connectivity index (χ2n) is 4.67. The summed E-state index contributed by atoms with van der Waals surface area (Å²) in [7, 11) is 2.82. The van der Waals surface area contributed by atoms with Crippen molar-refractivity contribution in [3.63, 3.8) is 0 Å². The summed E-state index contributed by atoms with van der Waals surface area (Å²) in [6, 6.07) is 6.70. The van der Waals surface area contributed by atoms with Crippen LogP contribution in [0, 0.1) is 6.92 Å². The molecule has 1 aliphatic rings. The van der Waals surface area contributed by atoms with Gasteiger partial charge in [-0.1, -0.05) is 21.0 Å². The molecule has 1 unspecified atom stereocenters. The van der Waals surface area contributed by atoms with Crippen LogP contribution in [0.5, 0.6) is 0 Å². The maximum atomic E-state index is 3.57. The Bertz CT molecular complexity index is 530. The van der Waals surface area contributed by atoms with Crippen molar-refractivity contribution in [2.45, 2.75) is 19.8 Å². The number of fused-ring (bicyclic) bond motifs is 3. The van der Waals surface area contributed by atoms with Gasteiger partial charge in [0.2, 0.25) is 0 Å². The van der Waals surface area contributed by atoms with Crippen LogP contribution in [-0.2, 0) is 12.8 Å². The lowest BCUT2D eigenvalue weighted by molar-refractivity contribution is 0.492. The normalized spacial score (nSPS) is 17.4. The van der Waals surface area contributed by atoms with Crippen LogP contribution in [0.1, 0.15) is 16.8 Å². The van der Waals surface area contributed by atoms with Gasteiger partial charge in [-0.2, -0.15) is 0 Å². The third kappa shape index (κ3) is 1.66. The standard InChI is InChI=1S/C13H17N2P/c1-9-2-3-12-11(8-9)10-4-6-15(16)7-5-13(10)14-12/h2-3,8,14H,4-7,16H2,1H3. The molecule has 1 atom stereocenters. The predicted octanol–water partition coefficient (Wildman–Crippen LogP) is 2.67. The lowest BCUT2D eigenvalue weighted by Gasteiger charge is -2.11. The molecule has 2 heterocycles. The van der Waals surface area contributed by atoms with Crippen LogP contribution >= 0.6 is 9.39 Å². The molecule has 1 N–H and O–H groups in total. The maximum absolute atomic E-state index is 3.57. The molecule has 0 saturated carbocycles. The molecule has 0 spiro atoms. The third-order valence-corrected chi connectivity index (χ3v) is 3.96. The van der Waals surface area contributed by atoms with Crippen LogP contribution < -0.4 is 0 Å². The Morgan fingerprint density at radius 3 is 2.94 bits per heavy atom. The summed E-state index contributed by atoms with van der Waals surface area (Å²) in [4.78, 5) is 3.57. The van der Waals surface area contributed by atoms with Crippen LogP contribution in [-0.4, -0.2) is 22.7 Å². The predicted molar refractivity (Wildman–Crippen MR) is 71.7 cm³/mol. The molecule has 1 aromatic heterocycles. The summed E-state index contributed by atoms with van der Waals surface area (Å²) < 4.78 is 2.33. The number of benzene rings is 1. The molecule has 0 amide bonds. The van der Waals surface area contributed by atoms with Crippen LogP contribution in [0.25, 0.3) is 10.9 Å². The number of hydrogen-bond acceptors (Lipinski definition) is 1. The molecule has 3 heteroatoms. The van der Waals surface area contributed by atoms with E-state index in [0.717, 1.165) is 25.9 Å². The van der Waals surface area contributed by atoms with Crippen molar-refractivity contribution in [1.82, 2.24) is 9.65 Å². The van der Waals surface area contributed by atoms with E-state index in [0.29, 0.717) is 0 Å². The van der Waals surface area contributed by atoms with Crippen molar-refractivity contribution in [2.75, 3.05) is 13.1 Å². The van der Waals surface area contributed by atoms with Gasteiger partial charge in [0.15, 0.2) is 0 Å². The zero-order valence-electron chi connectivity index (χ0n) is 9.59. The lowest BCUT2D eigenvalue weighted by Crippen LogP contribution is -2.14. The van der Waals surface area contributed by atoms with E-state index in [4.69, 9.17) is 0 Å². The maximum Gasteiger partial charge on any atom is 0.0459 e. The number of rotatable bonds is 0. The largest absolute Gasteiger partial charge is 0.358 e. The van der Waals surface area contributed by atoms with Gasteiger partial charge < -0.3 is 4.98 Å². The Morgan fingerprint density at radius 1 is 1.25 bits per heavy atom. The molecule has 1 aromatic carbocycles. The Balaban J connectivity index is 2.16. The van der Waals surface area contributed by atoms with Crippen LogP contribution in [0.3, 0.4) is 0 Å². The van der Waals surface area contributed by atoms with Crippen molar-refractivity contribution in [3.05, 3.63) is 35.0 Å². The van der Waals surface area contributed by atoms with Crippen molar-refractivity contribution in [3.8, 4) is 0 Å². The topological polar surface area (TPSA) is 19.0 Å². The molecule has 84 valence electrons. The second kappa shape index (κ2) is 3.87. The summed E-state index contributed by atoms with van der Waals surface area (Å²) in [5.41, 5.74) is 5.61. The van der Waals surface area contributed by atoms with Gasteiger partial charge in [0.05, 0.1) is 0 Å². The SMILES string of the molecule is Cc1ccc2[nH]c3c(c2c1)CCN(P)CC3. The van der Waals surface area contributed by atoms with Crippen molar-refractivity contribution >= 4 is 20.3 Å².